The van der Waals surface area contributed by atoms with Gasteiger partial charge in [0.2, 0.25) is 0 Å². The van der Waals surface area contributed by atoms with Crippen LogP contribution in [0.25, 0.3) is 28.9 Å². The van der Waals surface area contributed by atoms with Crippen molar-refractivity contribution in [2.45, 2.75) is 78.3 Å². The summed E-state index contributed by atoms with van der Waals surface area (Å²) < 4.78 is 0. The maximum atomic E-state index is 11.5. The molecule has 0 spiro atoms. The number of rotatable bonds is 8. The van der Waals surface area contributed by atoms with Gasteiger partial charge in [-0.3, -0.25) is 9.59 Å². The minimum absolute atomic E-state index is 0. The zero-order chi connectivity index (χ0) is 30.3. The average molecular weight is 621 g/mol. The number of carbonyl (C=O) groups is 2. The van der Waals surface area contributed by atoms with Crippen molar-refractivity contribution >= 4 is 30.2 Å². The van der Waals surface area contributed by atoms with E-state index >= 15 is 0 Å². The van der Waals surface area contributed by atoms with E-state index in [1.807, 2.05) is 45.1 Å². The van der Waals surface area contributed by atoms with Gasteiger partial charge in [0.05, 0.1) is 0 Å². The number of hydrogen-bond acceptors (Lipinski definition) is 2. The summed E-state index contributed by atoms with van der Waals surface area (Å²) in [7, 11) is 0. The molecule has 3 aliphatic heterocycles. The van der Waals surface area contributed by atoms with Gasteiger partial charge in [0.15, 0.2) is 0 Å². The van der Waals surface area contributed by atoms with Crippen LogP contribution in [0.5, 0.6) is 0 Å². The Hall–Kier alpha value is -3.94. The second-order valence-electron chi connectivity index (χ2n) is 11.2. The number of fused-ring (bicyclic) bond motifs is 8. The van der Waals surface area contributed by atoms with E-state index in [4.69, 9.17) is 20.6 Å². The van der Waals surface area contributed by atoms with E-state index < -0.39 is 11.9 Å². The van der Waals surface area contributed by atoms with Crippen molar-refractivity contribution in [3.8, 4) is 0 Å². The summed E-state index contributed by atoms with van der Waals surface area (Å²) in [5.74, 6) is -1.75. The maximum absolute atomic E-state index is 11.5. The SMILES string of the molecule is C=CC1=C(C)/C2=C/c3[n-]c(c(CCC(=O)O)c3C)/C=C3\[N-][C@H](Cc4[n-]c(c(C)c4C=C)C[C@H]1[N-]2)C(C)=C3CCC(=O)O.[Fe+4]. The first kappa shape index (κ1) is 32.0. The molecule has 9 heteroatoms. The zero-order valence-corrected chi connectivity index (χ0v) is 26.1. The molecule has 0 fully saturated rings. The molecule has 5 heterocycles. The summed E-state index contributed by atoms with van der Waals surface area (Å²) in [6.07, 6.45) is 9.39. The fraction of sp³-hybridized carbons (Fsp3) is 0.353. The van der Waals surface area contributed by atoms with E-state index in [0.29, 0.717) is 37.1 Å². The predicted molar refractivity (Wildman–Crippen MR) is 165 cm³/mol. The van der Waals surface area contributed by atoms with Gasteiger partial charge >= 0.3 is 29.0 Å². The van der Waals surface area contributed by atoms with Crippen molar-refractivity contribution in [2.24, 2.45) is 0 Å². The monoisotopic (exact) mass is 620 g/mol. The fourth-order valence-electron chi connectivity index (χ4n) is 6.31. The van der Waals surface area contributed by atoms with E-state index in [0.717, 1.165) is 67.3 Å². The molecule has 0 radical (unpaired) electrons. The largest absolute Gasteiger partial charge is 4.00 e. The third-order valence-electron chi connectivity index (χ3n) is 8.78. The Labute approximate surface area is 263 Å². The number of aliphatic carboxylic acids is 2. The second kappa shape index (κ2) is 12.7. The van der Waals surface area contributed by atoms with Crippen LogP contribution in [0.1, 0.15) is 78.1 Å². The van der Waals surface area contributed by atoms with E-state index in [2.05, 4.69) is 20.1 Å². The Morgan fingerprint density at radius 3 is 2.12 bits per heavy atom. The molecule has 2 aromatic rings. The van der Waals surface area contributed by atoms with Gasteiger partial charge in [-0.2, -0.15) is 11.4 Å². The number of carboxylic acids is 2. The van der Waals surface area contributed by atoms with Crippen molar-refractivity contribution in [1.82, 2.24) is 9.97 Å². The third-order valence-corrected chi connectivity index (χ3v) is 8.78. The van der Waals surface area contributed by atoms with Crippen LogP contribution in [-0.2, 0) is 45.9 Å². The quantitative estimate of drug-likeness (QED) is 0.322. The molecule has 0 aliphatic carbocycles. The van der Waals surface area contributed by atoms with Gasteiger partial charge in [0.25, 0.3) is 0 Å². The molecule has 2 atom stereocenters. The summed E-state index contributed by atoms with van der Waals surface area (Å²) >= 11 is 0. The number of carboxylic acid groups (broad SMARTS) is 2. The molecular weight excluding hydrogens is 584 g/mol. The Kier molecular flexibility index (Phi) is 9.47. The van der Waals surface area contributed by atoms with Crippen molar-refractivity contribution in [3.63, 3.8) is 0 Å². The summed E-state index contributed by atoms with van der Waals surface area (Å²) in [6, 6.07) is -0.339. The zero-order valence-electron chi connectivity index (χ0n) is 25.0. The van der Waals surface area contributed by atoms with Gasteiger partial charge in [0, 0.05) is 12.8 Å². The Morgan fingerprint density at radius 1 is 0.837 bits per heavy atom. The van der Waals surface area contributed by atoms with Gasteiger partial charge in [-0.25, -0.2) is 0 Å². The van der Waals surface area contributed by atoms with Crippen molar-refractivity contribution in [2.75, 3.05) is 0 Å². The molecule has 0 aromatic carbocycles. The van der Waals surface area contributed by atoms with Crippen molar-refractivity contribution in [1.29, 1.82) is 0 Å². The van der Waals surface area contributed by atoms with E-state index in [-0.39, 0.29) is 42.0 Å². The predicted octanol–water partition coefficient (Wildman–Crippen LogP) is 6.55. The van der Waals surface area contributed by atoms with E-state index in [1.165, 1.54) is 0 Å². The molecule has 0 unspecified atom stereocenters. The molecule has 0 saturated carbocycles. The van der Waals surface area contributed by atoms with Crippen molar-refractivity contribution < 1.29 is 36.9 Å². The molecular formula is C34H36FeN4O4. The number of hydrogen-bond donors (Lipinski definition) is 2. The van der Waals surface area contributed by atoms with Crippen LogP contribution in [0, 0.1) is 13.8 Å². The molecule has 0 saturated heterocycles. The second-order valence-corrected chi connectivity index (χ2v) is 11.2. The van der Waals surface area contributed by atoms with Crippen molar-refractivity contribution in [3.05, 3.63) is 109 Å². The van der Waals surface area contributed by atoms with Gasteiger partial charge in [-0.15, -0.1) is 22.8 Å². The standard InChI is InChI=1S/C34H36N4O4.Fe/c1-7-21-17(3)25-13-26-19(5)23(9-11-33(39)40)31(37-26)16-32-24(10-12-34(41)42)20(6)28(38-32)15-30-22(8-2)18(4)27(36-30)14-29(21)35-25;/h7-8,13,16,28-29H,1-2,9-12,14-15H2,3-6H3,(H,39,40)(H,41,42);/q-4;+4/b25-13-,32-16-;/t28-,29-;/m1./s1. The molecule has 8 bridgehead atoms. The number of nitrogens with zero attached hydrogens (tertiary/aromatic N) is 4. The maximum Gasteiger partial charge on any atom is 4.00 e. The normalized spacial score (nSPS) is 21.7. The first-order valence-corrected chi connectivity index (χ1v) is 14.3. The van der Waals surface area contributed by atoms with Gasteiger partial charge in [-0.05, 0) is 46.1 Å². The molecule has 224 valence electrons. The van der Waals surface area contributed by atoms with Crippen LogP contribution in [0.3, 0.4) is 0 Å². The summed E-state index contributed by atoms with van der Waals surface area (Å²) in [4.78, 5) is 33.1. The summed E-state index contributed by atoms with van der Waals surface area (Å²) in [6.45, 7) is 16.2. The molecule has 2 N–H and O–H groups in total. The fourth-order valence-corrected chi connectivity index (χ4v) is 6.31. The van der Waals surface area contributed by atoms with Crippen LogP contribution >= 0.6 is 0 Å². The minimum atomic E-state index is -0.881. The Bertz CT molecular complexity index is 1630. The van der Waals surface area contributed by atoms with Crippen LogP contribution in [0.15, 0.2) is 52.9 Å². The first-order valence-electron chi connectivity index (χ1n) is 14.3. The summed E-state index contributed by atoms with van der Waals surface area (Å²) in [5.41, 5.74) is 12.6. The molecule has 2 aromatic heterocycles. The Balaban J connectivity index is 0.00000423. The van der Waals surface area contributed by atoms with E-state index in [1.54, 1.807) is 0 Å². The van der Waals surface area contributed by atoms with E-state index in [9.17, 15) is 19.8 Å². The van der Waals surface area contributed by atoms with Crippen LogP contribution in [0.4, 0.5) is 0 Å². The molecule has 43 heavy (non-hydrogen) atoms. The minimum Gasteiger partial charge on any atom is -0.678 e. The average Bonchev–Trinajstić information content (AvgIpc) is 3.59. The molecule has 0 amide bonds. The van der Waals surface area contributed by atoms with Crippen LogP contribution < -0.4 is 9.97 Å². The molecule has 8 nitrogen and oxygen atoms in total. The number of allylic oxidation sites excluding steroid dienone is 2. The molecule has 5 rings (SSSR count). The van der Waals surface area contributed by atoms with Gasteiger partial charge in [-0.1, -0.05) is 101 Å². The Morgan fingerprint density at radius 2 is 1.47 bits per heavy atom. The smallest absolute Gasteiger partial charge is 0.678 e. The molecule has 3 aliphatic rings. The topological polar surface area (TPSA) is 131 Å². The van der Waals surface area contributed by atoms with Gasteiger partial charge in [0.1, 0.15) is 0 Å². The first-order chi connectivity index (χ1) is 20.0. The third kappa shape index (κ3) is 6.10. The van der Waals surface area contributed by atoms with Gasteiger partial charge < -0.3 is 30.8 Å². The van der Waals surface area contributed by atoms with Crippen LogP contribution in [0.2, 0.25) is 0 Å². The van der Waals surface area contributed by atoms with Crippen LogP contribution in [-0.4, -0.2) is 34.2 Å². The summed E-state index contributed by atoms with van der Waals surface area (Å²) in [5, 5.41) is 29.1. The number of aromatic nitrogens is 2.